The highest BCUT2D eigenvalue weighted by Gasteiger charge is 2.09. The lowest BCUT2D eigenvalue weighted by Gasteiger charge is -2.00. The van der Waals surface area contributed by atoms with Gasteiger partial charge in [-0.25, -0.2) is 4.98 Å². The minimum absolute atomic E-state index is 0.519. The van der Waals surface area contributed by atoms with Crippen molar-refractivity contribution >= 4 is 38.6 Å². The second-order valence-corrected chi connectivity index (χ2v) is 5.56. The van der Waals surface area contributed by atoms with Crippen LogP contribution in [0.2, 0.25) is 5.02 Å². The summed E-state index contributed by atoms with van der Waals surface area (Å²) >= 11 is 9.55. The Balaban J connectivity index is 2.17. The third kappa shape index (κ3) is 2.39. The van der Waals surface area contributed by atoms with Crippen molar-refractivity contribution in [1.29, 1.82) is 0 Å². The maximum atomic E-state index is 6.03. The molecule has 19 heavy (non-hydrogen) atoms. The van der Waals surface area contributed by atoms with Crippen molar-refractivity contribution in [3.8, 4) is 11.4 Å². The van der Waals surface area contributed by atoms with E-state index in [-0.39, 0.29) is 0 Å². The molecule has 0 aliphatic heterocycles. The van der Waals surface area contributed by atoms with Crippen LogP contribution in [-0.4, -0.2) is 9.97 Å². The van der Waals surface area contributed by atoms with Crippen molar-refractivity contribution in [2.24, 2.45) is 5.73 Å². The summed E-state index contributed by atoms with van der Waals surface area (Å²) in [5.74, 6) is 0.790. The highest BCUT2D eigenvalue weighted by Crippen LogP contribution is 2.30. The van der Waals surface area contributed by atoms with Crippen molar-refractivity contribution in [1.82, 2.24) is 9.97 Å². The second-order valence-electron chi connectivity index (χ2n) is 4.27. The minimum Gasteiger partial charge on any atom is -0.338 e. The molecule has 0 saturated carbocycles. The van der Waals surface area contributed by atoms with Crippen LogP contribution >= 0.6 is 27.5 Å². The van der Waals surface area contributed by atoms with Gasteiger partial charge >= 0.3 is 0 Å². The zero-order valence-electron chi connectivity index (χ0n) is 9.95. The van der Waals surface area contributed by atoms with Gasteiger partial charge in [0, 0.05) is 21.6 Å². The van der Waals surface area contributed by atoms with Crippen LogP contribution in [0.3, 0.4) is 0 Å². The summed E-state index contributed by atoms with van der Waals surface area (Å²) in [6.07, 6.45) is 0. The highest BCUT2D eigenvalue weighted by atomic mass is 79.9. The summed E-state index contributed by atoms with van der Waals surface area (Å²) in [5.41, 5.74) is 9.56. The van der Waals surface area contributed by atoms with Gasteiger partial charge in [-0.3, -0.25) is 0 Å². The molecule has 0 saturated heterocycles. The fourth-order valence-electron chi connectivity index (χ4n) is 1.99. The molecule has 1 aromatic heterocycles. The van der Waals surface area contributed by atoms with E-state index in [1.165, 1.54) is 0 Å². The molecule has 0 spiro atoms. The Hall–Kier alpha value is -1.36. The molecule has 0 aliphatic rings. The van der Waals surface area contributed by atoms with Gasteiger partial charge in [-0.15, -0.1) is 0 Å². The van der Waals surface area contributed by atoms with Crippen LogP contribution in [0.5, 0.6) is 0 Å². The molecule has 0 unspecified atom stereocenters. The number of halogens is 2. The Bertz CT molecular complexity index is 752. The lowest BCUT2D eigenvalue weighted by molar-refractivity contribution is 1.07. The number of rotatable bonds is 2. The number of fused-ring (bicyclic) bond motifs is 1. The van der Waals surface area contributed by atoms with E-state index in [0.29, 0.717) is 11.6 Å². The summed E-state index contributed by atoms with van der Waals surface area (Å²) in [6.45, 7) is 0.519. The number of nitrogens with one attached hydrogen (secondary N) is 1. The van der Waals surface area contributed by atoms with Crippen LogP contribution in [-0.2, 0) is 6.54 Å². The molecule has 96 valence electrons. The van der Waals surface area contributed by atoms with Crippen LogP contribution < -0.4 is 5.73 Å². The van der Waals surface area contributed by atoms with Crippen LogP contribution in [0.15, 0.2) is 40.9 Å². The SMILES string of the molecule is NCc1ccc2nc(-c3cc(Cl)ccc3Br)[nH]c2c1. The molecule has 0 fully saturated rings. The normalized spacial score (nSPS) is 11.1. The van der Waals surface area contributed by atoms with Crippen molar-refractivity contribution in [2.75, 3.05) is 0 Å². The Kier molecular flexibility index (Phi) is 3.31. The number of aromatic amines is 1. The van der Waals surface area contributed by atoms with Crippen molar-refractivity contribution < 1.29 is 0 Å². The van der Waals surface area contributed by atoms with Crippen LogP contribution in [0.1, 0.15) is 5.56 Å². The zero-order chi connectivity index (χ0) is 13.4. The minimum atomic E-state index is 0.519. The van der Waals surface area contributed by atoms with E-state index in [1.807, 2.05) is 36.4 Å². The fraction of sp³-hybridized carbons (Fsp3) is 0.0714. The van der Waals surface area contributed by atoms with Gasteiger partial charge < -0.3 is 10.7 Å². The second kappa shape index (κ2) is 4.96. The number of hydrogen-bond acceptors (Lipinski definition) is 2. The number of aromatic nitrogens is 2. The van der Waals surface area contributed by atoms with Crippen molar-refractivity contribution in [3.63, 3.8) is 0 Å². The number of H-pyrrole nitrogens is 1. The van der Waals surface area contributed by atoms with Crippen LogP contribution in [0.4, 0.5) is 0 Å². The average Bonchev–Trinajstić information content (AvgIpc) is 2.83. The van der Waals surface area contributed by atoms with E-state index in [4.69, 9.17) is 17.3 Å². The van der Waals surface area contributed by atoms with E-state index in [0.717, 1.165) is 32.5 Å². The van der Waals surface area contributed by atoms with E-state index < -0.39 is 0 Å². The highest BCUT2D eigenvalue weighted by molar-refractivity contribution is 9.10. The zero-order valence-corrected chi connectivity index (χ0v) is 12.3. The molecule has 3 rings (SSSR count). The quantitative estimate of drug-likeness (QED) is 0.740. The molecule has 0 bridgehead atoms. The molecular weight excluding hydrogens is 326 g/mol. The molecule has 0 aliphatic carbocycles. The smallest absolute Gasteiger partial charge is 0.139 e. The van der Waals surface area contributed by atoms with Gasteiger partial charge in [0.1, 0.15) is 5.82 Å². The number of nitrogens with zero attached hydrogens (tertiary/aromatic N) is 1. The van der Waals surface area contributed by atoms with E-state index in [2.05, 4.69) is 25.9 Å². The first-order valence-corrected chi connectivity index (χ1v) is 6.98. The number of benzene rings is 2. The first kappa shape index (κ1) is 12.7. The van der Waals surface area contributed by atoms with Crippen LogP contribution in [0, 0.1) is 0 Å². The molecule has 3 N–H and O–H groups in total. The first-order chi connectivity index (χ1) is 9.17. The van der Waals surface area contributed by atoms with Crippen LogP contribution in [0.25, 0.3) is 22.4 Å². The molecule has 3 nitrogen and oxygen atoms in total. The molecule has 0 atom stereocenters. The van der Waals surface area contributed by atoms with Gasteiger partial charge in [0.2, 0.25) is 0 Å². The number of imidazole rings is 1. The van der Waals surface area contributed by atoms with Gasteiger partial charge in [-0.2, -0.15) is 0 Å². The summed E-state index contributed by atoms with van der Waals surface area (Å²) in [4.78, 5) is 7.87. The predicted molar refractivity (Wildman–Crippen MR) is 82.1 cm³/mol. The van der Waals surface area contributed by atoms with Crippen molar-refractivity contribution in [2.45, 2.75) is 6.54 Å². The largest absolute Gasteiger partial charge is 0.338 e. The third-order valence-electron chi connectivity index (χ3n) is 2.97. The average molecular weight is 337 g/mol. The molecule has 3 aromatic rings. The molecule has 0 amide bonds. The van der Waals surface area contributed by atoms with E-state index in [9.17, 15) is 0 Å². The van der Waals surface area contributed by atoms with Gasteiger partial charge in [-0.1, -0.05) is 33.6 Å². The molecular formula is C14H11BrClN3. The van der Waals surface area contributed by atoms with Gasteiger partial charge in [-0.05, 0) is 35.9 Å². The topological polar surface area (TPSA) is 54.7 Å². The van der Waals surface area contributed by atoms with E-state index in [1.54, 1.807) is 0 Å². The maximum Gasteiger partial charge on any atom is 0.139 e. The fourth-order valence-corrected chi connectivity index (χ4v) is 2.60. The summed E-state index contributed by atoms with van der Waals surface area (Å²) in [5, 5.41) is 0.682. The Morgan fingerprint density at radius 1 is 1.21 bits per heavy atom. The number of hydrogen-bond donors (Lipinski definition) is 2. The lowest BCUT2D eigenvalue weighted by Crippen LogP contribution is -1.95. The van der Waals surface area contributed by atoms with Crippen molar-refractivity contribution in [3.05, 3.63) is 51.5 Å². The molecule has 0 radical (unpaired) electrons. The Morgan fingerprint density at radius 3 is 2.84 bits per heavy atom. The standard InChI is InChI=1S/C14H11BrClN3/c15-11-3-2-9(16)6-10(11)14-18-12-4-1-8(7-17)5-13(12)19-14/h1-6H,7,17H2,(H,18,19). The van der Waals surface area contributed by atoms with Gasteiger partial charge in [0.25, 0.3) is 0 Å². The lowest BCUT2D eigenvalue weighted by atomic mass is 10.2. The number of nitrogens with two attached hydrogens (primary N) is 1. The predicted octanol–water partition coefficient (Wildman–Crippen LogP) is 4.10. The molecule has 1 heterocycles. The monoisotopic (exact) mass is 335 g/mol. The third-order valence-corrected chi connectivity index (χ3v) is 3.89. The summed E-state index contributed by atoms with van der Waals surface area (Å²) < 4.78 is 0.954. The maximum absolute atomic E-state index is 6.03. The Morgan fingerprint density at radius 2 is 2.05 bits per heavy atom. The molecule has 2 aromatic carbocycles. The first-order valence-electron chi connectivity index (χ1n) is 5.81. The van der Waals surface area contributed by atoms with E-state index >= 15 is 0 Å². The summed E-state index contributed by atoms with van der Waals surface area (Å²) in [6, 6.07) is 11.6. The molecule has 5 heteroatoms. The van der Waals surface area contributed by atoms with Gasteiger partial charge in [0.15, 0.2) is 0 Å². The Labute approximate surface area is 123 Å². The summed E-state index contributed by atoms with van der Waals surface area (Å²) in [7, 11) is 0. The van der Waals surface area contributed by atoms with Gasteiger partial charge in [0.05, 0.1) is 11.0 Å².